The molecular formula is C15H23BrN2S. The molecule has 19 heavy (non-hydrogen) atoms. The number of halogens is 1. The second kappa shape index (κ2) is 6.06. The fraction of sp³-hybridized carbons (Fsp3) is 0.600. The van der Waals surface area contributed by atoms with E-state index in [-0.39, 0.29) is 6.04 Å². The van der Waals surface area contributed by atoms with Crippen LogP contribution in [0.3, 0.4) is 0 Å². The summed E-state index contributed by atoms with van der Waals surface area (Å²) in [6.45, 7) is 8.96. The van der Waals surface area contributed by atoms with Gasteiger partial charge in [0, 0.05) is 39.8 Å². The molecule has 0 spiro atoms. The highest BCUT2D eigenvalue weighted by molar-refractivity contribution is 9.10. The van der Waals surface area contributed by atoms with Gasteiger partial charge in [-0.05, 0) is 37.1 Å². The van der Waals surface area contributed by atoms with Crippen LogP contribution in [0.2, 0.25) is 0 Å². The van der Waals surface area contributed by atoms with Crippen LogP contribution >= 0.6 is 27.7 Å². The minimum atomic E-state index is 0.0661. The molecule has 2 rings (SSSR count). The third-order valence-electron chi connectivity index (χ3n) is 3.66. The van der Waals surface area contributed by atoms with E-state index < -0.39 is 0 Å². The predicted octanol–water partition coefficient (Wildman–Crippen LogP) is 4.19. The summed E-state index contributed by atoms with van der Waals surface area (Å²) in [5.41, 5.74) is 8.67. The van der Waals surface area contributed by atoms with E-state index >= 15 is 0 Å². The van der Waals surface area contributed by atoms with Crippen molar-refractivity contribution in [2.45, 2.75) is 38.0 Å². The van der Waals surface area contributed by atoms with Gasteiger partial charge >= 0.3 is 0 Å². The van der Waals surface area contributed by atoms with Gasteiger partial charge < -0.3 is 10.6 Å². The van der Waals surface area contributed by atoms with Crippen LogP contribution in [0.5, 0.6) is 0 Å². The number of nitrogens with two attached hydrogens (primary N) is 1. The van der Waals surface area contributed by atoms with Crippen LogP contribution in [0.4, 0.5) is 5.69 Å². The van der Waals surface area contributed by atoms with Crippen molar-refractivity contribution < 1.29 is 0 Å². The van der Waals surface area contributed by atoms with Crippen LogP contribution in [0, 0.1) is 0 Å². The Kier molecular flexibility index (Phi) is 4.85. The summed E-state index contributed by atoms with van der Waals surface area (Å²) in [5, 5.41) is 0. The van der Waals surface area contributed by atoms with Crippen molar-refractivity contribution in [3.8, 4) is 0 Å². The number of thioether (sulfide) groups is 1. The lowest BCUT2D eigenvalue weighted by Crippen LogP contribution is -2.28. The van der Waals surface area contributed by atoms with E-state index in [1.807, 2.05) is 0 Å². The molecule has 0 aliphatic carbocycles. The monoisotopic (exact) mass is 342 g/mol. The zero-order chi connectivity index (χ0) is 14.0. The topological polar surface area (TPSA) is 29.3 Å². The summed E-state index contributed by atoms with van der Waals surface area (Å²) >= 11 is 5.62. The van der Waals surface area contributed by atoms with Crippen molar-refractivity contribution >= 4 is 33.4 Å². The fourth-order valence-electron chi connectivity index (χ4n) is 2.44. The molecule has 0 saturated carbocycles. The molecule has 1 aromatic carbocycles. The molecule has 2 N–H and O–H groups in total. The van der Waals surface area contributed by atoms with Gasteiger partial charge in [-0.25, -0.2) is 0 Å². The number of anilines is 1. The quantitative estimate of drug-likeness (QED) is 0.873. The minimum absolute atomic E-state index is 0.0661. The highest BCUT2D eigenvalue weighted by atomic mass is 79.9. The van der Waals surface area contributed by atoms with Crippen molar-refractivity contribution in [2.24, 2.45) is 5.73 Å². The van der Waals surface area contributed by atoms with Gasteiger partial charge in [0.1, 0.15) is 0 Å². The van der Waals surface area contributed by atoms with Gasteiger partial charge in [0.2, 0.25) is 0 Å². The lowest BCUT2D eigenvalue weighted by molar-refractivity contribution is 0.635. The summed E-state index contributed by atoms with van der Waals surface area (Å²) in [6, 6.07) is 6.54. The highest BCUT2D eigenvalue weighted by Gasteiger charge is 2.25. The van der Waals surface area contributed by atoms with Crippen LogP contribution in [-0.2, 0) is 0 Å². The predicted molar refractivity (Wildman–Crippen MR) is 90.1 cm³/mol. The Bertz CT molecular complexity index is 446. The molecule has 4 heteroatoms. The molecule has 1 aliphatic heterocycles. The molecular weight excluding hydrogens is 320 g/mol. The molecule has 1 fully saturated rings. The maximum Gasteiger partial charge on any atom is 0.0415 e. The number of hydrogen-bond acceptors (Lipinski definition) is 3. The number of nitrogens with zero attached hydrogens (tertiary/aromatic N) is 1. The van der Waals surface area contributed by atoms with Crippen LogP contribution in [0.25, 0.3) is 0 Å². The zero-order valence-electron chi connectivity index (χ0n) is 11.9. The Morgan fingerprint density at radius 1 is 1.37 bits per heavy atom. The third-order valence-corrected chi connectivity index (χ3v) is 5.52. The van der Waals surface area contributed by atoms with Crippen molar-refractivity contribution in [3.05, 3.63) is 28.2 Å². The Labute approximate surface area is 129 Å². The van der Waals surface area contributed by atoms with Gasteiger partial charge in [0.15, 0.2) is 0 Å². The summed E-state index contributed by atoms with van der Waals surface area (Å²) in [5.74, 6) is 1.18. The molecule has 0 amide bonds. The first-order valence-electron chi connectivity index (χ1n) is 6.83. The van der Waals surface area contributed by atoms with Crippen LogP contribution in [0.15, 0.2) is 22.7 Å². The summed E-state index contributed by atoms with van der Waals surface area (Å²) in [4.78, 5) is 2.49. The molecule has 0 bridgehead atoms. The standard InChI is InChI=1S/C15H23BrN2S/c1-11(17)13-10-12(16)4-5-14(13)18-7-6-15(2,3)19-9-8-18/h4-5,10-11H,6-9,17H2,1-3H3. The normalized spacial score (nSPS) is 21.0. The van der Waals surface area contributed by atoms with Crippen molar-refractivity contribution in [2.75, 3.05) is 23.7 Å². The largest absolute Gasteiger partial charge is 0.370 e. The minimum Gasteiger partial charge on any atom is -0.370 e. The number of benzene rings is 1. The highest BCUT2D eigenvalue weighted by Crippen LogP contribution is 2.35. The zero-order valence-corrected chi connectivity index (χ0v) is 14.4. The molecule has 1 unspecified atom stereocenters. The first-order valence-corrected chi connectivity index (χ1v) is 8.61. The lowest BCUT2D eigenvalue weighted by atomic mass is 10.0. The summed E-state index contributed by atoms with van der Waals surface area (Å²) in [7, 11) is 0. The average molecular weight is 343 g/mol. The van der Waals surface area contributed by atoms with Crippen molar-refractivity contribution in [1.29, 1.82) is 0 Å². The van der Waals surface area contributed by atoms with Gasteiger partial charge in [-0.1, -0.05) is 29.8 Å². The van der Waals surface area contributed by atoms with Gasteiger partial charge in [0.25, 0.3) is 0 Å². The first-order chi connectivity index (χ1) is 8.89. The summed E-state index contributed by atoms with van der Waals surface area (Å²) in [6.07, 6.45) is 1.21. The molecule has 0 aromatic heterocycles. The molecule has 2 nitrogen and oxygen atoms in total. The molecule has 106 valence electrons. The van der Waals surface area contributed by atoms with E-state index in [1.165, 1.54) is 23.4 Å². The Morgan fingerprint density at radius 2 is 2.11 bits per heavy atom. The maximum atomic E-state index is 6.13. The average Bonchev–Trinajstić information content (AvgIpc) is 2.50. The van der Waals surface area contributed by atoms with E-state index in [0.29, 0.717) is 4.75 Å². The van der Waals surface area contributed by atoms with Crippen LogP contribution in [-0.4, -0.2) is 23.6 Å². The van der Waals surface area contributed by atoms with Gasteiger partial charge in [-0.2, -0.15) is 11.8 Å². The van der Waals surface area contributed by atoms with E-state index in [9.17, 15) is 0 Å². The number of hydrogen-bond donors (Lipinski definition) is 1. The Hall–Kier alpha value is -0.190. The molecule has 1 saturated heterocycles. The van der Waals surface area contributed by atoms with E-state index in [2.05, 4.69) is 71.6 Å². The lowest BCUT2D eigenvalue weighted by Gasteiger charge is -2.27. The van der Waals surface area contributed by atoms with Crippen LogP contribution < -0.4 is 10.6 Å². The molecule has 1 heterocycles. The van der Waals surface area contributed by atoms with Gasteiger partial charge in [-0.3, -0.25) is 0 Å². The Balaban J connectivity index is 2.26. The van der Waals surface area contributed by atoms with E-state index in [4.69, 9.17) is 5.73 Å². The number of rotatable bonds is 2. The van der Waals surface area contributed by atoms with Gasteiger partial charge in [-0.15, -0.1) is 0 Å². The second-order valence-electron chi connectivity index (χ2n) is 5.84. The molecule has 1 atom stereocenters. The van der Waals surface area contributed by atoms with E-state index in [1.54, 1.807) is 0 Å². The third kappa shape index (κ3) is 3.89. The SMILES string of the molecule is CC(N)c1cc(Br)ccc1N1CCSC(C)(C)CC1. The molecule has 1 aromatic rings. The smallest absolute Gasteiger partial charge is 0.0415 e. The van der Waals surface area contributed by atoms with Crippen molar-refractivity contribution in [1.82, 2.24) is 0 Å². The molecule has 1 aliphatic rings. The fourth-order valence-corrected chi connectivity index (χ4v) is 3.92. The maximum absolute atomic E-state index is 6.13. The first kappa shape index (κ1) is 15.2. The Morgan fingerprint density at radius 3 is 2.79 bits per heavy atom. The second-order valence-corrected chi connectivity index (χ2v) is 8.55. The summed E-state index contributed by atoms with van der Waals surface area (Å²) < 4.78 is 1.49. The van der Waals surface area contributed by atoms with Gasteiger partial charge in [0.05, 0.1) is 0 Å². The van der Waals surface area contributed by atoms with E-state index in [0.717, 1.165) is 17.6 Å². The van der Waals surface area contributed by atoms with Crippen molar-refractivity contribution in [3.63, 3.8) is 0 Å². The molecule has 0 radical (unpaired) electrons. The van der Waals surface area contributed by atoms with Crippen LogP contribution in [0.1, 0.15) is 38.8 Å².